The van der Waals surface area contributed by atoms with Gasteiger partial charge in [0.2, 0.25) is 0 Å². The first kappa shape index (κ1) is 9.51. The summed E-state index contributed by atoms with van der Waals surface area (Å²) in [6, 6.07) is 4.18. The van der Waals surface area contributed by atoms with Crippen molar-refractivity contribution in [1.82, 2.24) is 4.98 Å². The van der Waals surface area contributed by atoms with Crippen LogP contribution in [0.2, 0.25) is 0 Å². The lowest BCUT2D eigenvalue weighted by molar-refractivity contribution is 0.109. The van der Waals surface area contributed by atoms with Gasteiger partial charge in [-0.2, -0.15) is 0 Å². The van der Waals surface area contributed by atoms with E-state index < -0.39 is 0 Å². The molecule has 15 heavy (non-hydrogen) atoms. The molecule has 0 saturated carbocycles. The van der Waals surface area contributed by atoms with Gasteiger partial charge in [0, 0.05) is 12.0 Å². The highest BCUT2D eigenvalue weighted by molar-refractivity contribution is 7.20. The summed E-state index contributed by atoms with van der Waals surface area (Å²) in [5, 5.41) is 5.34. The Hall–Kier alpha value is -0.710. The molecule has 0 spiro atoms. The van der Waals surface area contributed by atoms with E-state index in [1.54, 1.807) is 22.7 Å². The van der Waals surface area contributed by atoms with Crippen LogP contribution in [0.4, 0.5) is 0 Å². The van der Waals surface area contributed by atoms with Crippen molar-refractivity contribution in [3.05, 3.63) is 28.6 Å². The number of ether oxygens (including phenoxy) is 1. The van der Waals surface area contributed by atoms with Gasteiger partial charge in [0.05, 0.1) is 10.6 Å². The summed E-state index contributed by atoms with van der Waals surface area (Å²) in [7, 11) is 0. The van der Waals surface area contributed by atoms with E-state index in [0.29, 0.717) is 0 Å². The Kier molecular flexibility index (Phi) is 2.56. The van der Waals surface area contributed by atoms with E-state index in [2.05, 4.69) is 27.9 Å². The van der Waals surface area contributed by atoms with E-state index in [-0.39, 0.29) is 6.10 Å². The zero-order valence-corrected chi connectivity index (χ0v) is 9.81. The van der Waals surface area contributed by atoms with Crippen molar-refractivity contribution >= 4 is 22.7 Å². The summed E-state index contributed by atoms with van der Waals surface area (Å²) in [4.78, 5) is 5.89. The average Bonchev–Trinajstić information content (AvgIpc) is 3.02. The maximum Gasteiger partial charge on any atom is 0.133 e. The van der Waals surface area contributed by atoms with E-state index in [0.717, 1.165) is 30.2 Å². The van der Waals surface area contributed by atoms with E-state index in [1.807, 2.05) is 0 Å². The Morgan fingerprint density at radius 2 is 2.40 bits per heavy atom. The largest absolute Gasteiger partial charge is 0.372 e. The first-order valence-corrected chi connectivity index (χ1v) is 6.80. The van der Waals surface area contributed by atoms with Crippen LogP contribution in [-0.4, -0.2) is 11.6 Å². The molecule has 0 aromatic carbocycles. The SMILES string of the molecule is c1csc(-c2nc(C3CCCO3)cs2)c1. The molecule has 0 amide bonds. The molecule has 1 fully saturated rings. The summed E-state index contributed by atoms with van der Waals surface area (Å²) >= 11 is 3.45. The van der Waals surface area contributed by atoms with Gasteiger partial charge in [0.25, 0.3) is 0 Å². The maximum absolute atomic E-state index is 5.62. The molecular weight excluding hydrogens is 226 g/mol. The molecule has 2 aromatic heterocycles. The van der Waals surface area contributed by atoms with Crippen molar-refractivity contribution in [2.45, 2.75) is 18.9 Å². The fraction of sp³-hybridized carbons (Fsp3) is 0.364. The molecule has 78 valence electrons. The zero-order valence-electron chi connectivity index (χ0n) is 8.18. The monoisotopic (exact) mass is 237 g/mol. The standard InChI is InChI=1S/C11H11NOS2/c1-3-9(13-5-1)8-7-15-11(12-8)10-4-2-6-14-10/h2,4,6-7,9H,1,3,5H2. The van der Waals surface area contributed by atoms with Gasteiger partial charge >= 0.3 is 0 Å². The molecular formula is C11H11NOS2. The molecule has 4 heteroatoms. The number of nitrogens with zero attached hydrogens (tertiary/aromatic N) is 1. The maximum atomic E-state index is 5.62. The van der Waals surface area contributed by atoms with E-state index >= 15 is 0 Å². The van der Waals surface area contributed by atoms with Gasteiger partial charge in [0.15, 0.2) is 0 Å². The van der Waals surface area contributed by atoms with E-state index in [9.17, 15) is 0 Å². The summed E-state index contributed by atoms with van der Waals surface area (Å²) in [6.07, 6.45) is 2.53. The van der Waals surface area contributed by atoms with Crippen LogP contribution in [0.3, 0.4) is 0 Å². The third-order valence-electron chi connectivity index (χ3n) is 2.51. The van der Waals surface area contributed by atoms with Crippen molar-refractivity contribution in [1.29, 1.82) is 0 Å². The van der Waals surface area contributed by atoms with Crippen molar-refractivity contribution < 1.29 is 4.74 Å². The van der Waals surface area contributed by atoms with Crippen LogP contribution in [0.15, 0.2) is 22.9 Å². The minimum absolute atomic E-state index is 0.245. The first-order chi connectivity index (χ1) is 7.43. The highest BCUT2D eigenvalue weighted by Gasteiger charge is 2.20. The van der Waals surface area contributed by atoms with Crippen LogP contribution < -0.4 is 0 Å². The first-order valence-electron chi connectivity index (χ1n) is 5.04. The second-order valence-electron chi connectivity index (χ2n) is 3.56. The van der Waals surface area contributed by atoms with Gasteiger partial charge < -0.3 is 4.74 Å². The highest BCUT2D eigenvalue weighted by atomic mass is 32.1. The molecule has 3 rings (SSSR count). The van der Waals surface area contributed by atoms with Crippen molar-refractivity contribution in [2.24, 2.45) is 0 Å². The normalized spacial score (nSPS) is 20.9. The fourth-order valence-corrected chi connectivity index (χ4v) is 3.43. The molecule has 0 N–H and O–H groups in total. The van der Waals surface area contributed by atoms with Gasteiger partial charge in [-0.1, -0.05) is 6.07 Å². The predicted octanol–water partition coefficient (Wildman–Crippen LogP) is 3.72. The Balaban J connectivity index is 1.87. The van der Waals surface area contributed by atoms with Crippen LogP contribution in [0, 0.1) is 0 Å². The second-order valence-corrected chi connectivity index (χ2v) is 5.36. The van der Waals surface area contributed by atoms with E-state index in [4.69, 9.17) is 4.74 Å². The molecule has 2 nitrogen and oxygen atoms in total. The predicted molar refractivity (Wildman–Crippen MR) is 63.4 cm³/mol. The number of hydrogen-bond donors (Lipinski definition) is 0. The topological polar surface area (TPSA) is 22.1 Å². The third-order valence-corrected chi connectivity index (χ3v) is 4.41. The van der Waals surface area contributed by atoms with Crippen LogP contribution in [0.25, 0.3) is 9.88 Å². The zero-order chi connectivity index (χ0) is 10.1. The molecule has 1 unspecified atom stereocenters. The Morgan fingerprint density at radius 3 is 3.13 bits per heavy atom. The number of thiophene rings is 1. The number of rotatable bonds is 2. The van der Waals surface area contributed by atoms with Crippen molar-refractivity contribution in [3.63, 3.8) is 0 Å². The van der Waals surface area contributed by atoms with Crippen LogP contribution in [0.1, 0.15) is 24.6 Å². The molecule has 0 radical (unpaired) electrons. The summed E-state index contributed by atoms with van der Waals surface area (Å²) in [5.74, 6) is 0. The molecule has 0 bridgehead atoms. The summed E-state index contributed by atoms with van der Waals surface area (Å²) < 4.78 is 5.62. The lowest BCUT2D eigenvalue weighted by Crippen LogP contribution is -1.95. The highest BCUT2D eigenvalue weighted by Crippen LogP contribution is 2.33. The lowest BCUT2D eigenvalue weighted by Gasteiger charge is -2.03. The molecule has 3 heterocycles. The third kappa shape index (κ3) is 1.85. The van der Waals surface area contributed by atoms with Gasteiger partial charge in [0.1, 0.15) is 11.1 Å². The molecule has 0 aliphatic carbocycles. The second kappa shape index (κ2) is 4.04. The van der Waals surface area contributed by atoms with Crippen LogP contribution >= 0.6 is 22.7 Å². The molecule has 1 aliphatic rings. The van der Waals surface area contributed by atoms with Crippen molar-refractivity contribution in [2.75, 3.05) is 6.61 Å². The van der Waals surface area contributed by atoms with Crippen molar-refractivity contribution in [3.8, 4) is 9.88 Å². The average molecular weight is 237 g/mol. The minimum atomic E-state index is 0.245. The van der Waals surface area contributed by atoms with Gasteiger partial charge in [-0.25, -0.2) is 4.98 Å². The van der Waals surface area contributed by atoms with Gasteiger partial charge in [-0.05, 0) is 24.3 Å². The lowest BCUT2D eigenvalue weighted by atomic mass is 10.2. The Morgan fingerprint density at radius 1 is 1.40 bits per heavy atom. The molecule has 1 saturated heterocycles. The summed E-state index contributed by atoms with van der Waals surface area (Å²) in [5.41, 5.74) is 1.11. The molecule has 1 aliphatic heterocycles. The molecule has 1 atom stereocenters. The molecule has 2 aromatic rings. The quantitative estimate of drug-likeness (QED) is 0.794. The van der Waals surface area contributed by atoms with Crippen LogP contribution in [-0.2, 0) is 4.74 Å². The summed E-state index contributed by atoms with van der Waals surface area (Å²) in [6.45, 7) is 0.885. The Bertz CT molecular complexity index is 429. The smallest absolute Gasteiger partial charge is 0.133 e. The Labute approximate surface area is 96.6 Å². The minimum Gasteiger partial charge on any atom is -0.372 e. The van der Waals surface area contributed by atoms with Crippen LogP contribution in [0.5, 0.6) is 0 Å². The van der Waals surface area contributed by atoms with E-state index in [1.165, 1.54) is 4.88 Å². The fourth-order valence-electron chi connectivity index (χ4n) is 1.76. The number of aromatic nitrogens is 1. The number of thiazole rings is 1. The van der Waals surface area contributed by atoms with Gasteiger partial charge in [-0.15, -0.1) is 22.7 Å². The van der Waals surface area contributed by atoms with Gasteiger partial charge in [-0.3, -0.25) is 0 Å². The number of hydrogen-bond acceptors (Lipinski definition) is 4.